The summed E-state index contributed by atoms with van der Waals surface area (Å²) in [7, 11) is -3.92. The maximum absolute atomic E-state index is 10.3. The van der Waals surface area contributed by atoms with E-state index in [1.165, 1.54) is 0 Å². The molecule has 0 aromatic heterocycles. The van der Waals surface area contributed by atoms with Crippen LogP contribution >= 0.6 is 0 Å². The van der Waals surface area contributed by atoms with Crippen LogP contribution in [0.5, 0.6) is 0 Å². The van der Waals surface area contributed by atoms with E-state index < -0.39 is 16.2 Å². The van der Waals surface area contributed by atoms with Crippen molar-refractivity contribution >= 4 is 10.1 Å². The van der Waals surface area contributed by atoms with Gasteiger partial charge in [-0.25, -0.2) is 0 Å². The van der Waals surface area contributed by atoms with Gasteiger partial charge >= 0.3 is 0 Å². The van der Waals surface area contributed by atoms with Crippen LogP contribution in [0.1, 0.15) is 13.3 Å². The maximum atomic E-state index is 10.3. The average Bonchev–Trinajstić information content (AvgIpc) is 1.97. The molecule has 0 aromatic rings. The second kappa shape index (κ2) is 4.76. The van der Waals surface area contributed by atoms with Crippen LogP contribution in [0.25, 0.3) is 0 Å². The van der Waals surface area contributed by atoms with Crippen molar-refractivity contribution in [2.75, 3.05) is 12.4 Å². The Bertz CT molecular complexity index is 214. The summed E-state index contributed by atoms with van der Waals surface area (Å²) >= 11 is 0. The summed E-state index contributed by atoms with van der Waals surface area (Å²) in [6.07, 6.45) is 0.167. The van der Waals surface area contributed by atoms with Crippen LogP contribution in [-0.4, -0.2) is 36.5 Å². The molecule has 0 saturated heterocycles. The average molecular weight is 197 g/mol. The SMILES string of the molecule is C[C@H](CO)C(N)CCS(=O)(=O)O. The van der Waals surface area contributed by atoms with E-state index in [9.17, 15) is 8.42 Å². The predicted molar refractivity (Wildman–Crippen MR) is 45.3 cm³/mol. The lowest BCUT2D eigenvalue weighted by Crippen LogP contribution is -2.32. The van der Waals surface area contributed by atoms with E-state index >= 15 is 0 Å². The molecule has 0 aromatic carbocycles. The smallest absolute Gasteiger partial charge is 0.264 e. The van der Waals surface area contributed by atoms with E-state index in [0.29, 0.717) is 0 Å². The van der Waals surface area contributed by atoms with E-state index in [-0.39, 0.29) is 24.7 Å². The van der Waals surface area contributed by atoms with E-state index in [2.05, 4.69) is 0 Å². The van der Waals surface area contributed by atoms with E-state index in [1.54, 1.807) is 6.92 Å². The van der Waals surface area contributed by atoms with Crippen molar-refractivity contribution < 1.29 is 18.1 Å². The van der Waals surface area contributed by atoms with Gasteiger partial charge in [0.1, 0.15) is 0 Å². The van der Waals surface area contributed by atoms with Gasteiger partial charge in [0.25, 0.3) is 10.1 Å². The lowest BCUT2D eigenvalue weighted by Gasteiger charge is -2.16. The number of nitrogens with two attached hydrogens (primary N) is 1. The first-order chi connectivity index (χ1) is 5.37. The molecular weight excluding hydrogens is 182 g/mol. The van der Waals surface area contributed by atoms with Gasteiger partial charge in [-0.05, 0) is 12.3 Å². The standard InChI is InChI=1S/C6H15NO4S/c1-5(4-8)6(7)2-3-12(9,10)11/h5-6,8H,2-4,7H2,1H3,(H,9,10,11)/t5-,6?/m1/s1. The molecule has 4 N–H and O–H groups in total. The molecule has 0 spiro atoms. The molecule has 0 aliphatic heterocycles. The van der Waals surface area contributed by atoms with Crippen LogP contribution in [0, 0.1) is 5.92 Å². The van der Waals surface area contributed by atoms with Gasteiger partial charge in [0, 0.05) is 12.6 Å². The fraction of sp³-hybridized carbons (Fsp3) is 1.00. The van der Waals surface area contributed by atoms with Crippen molar-refractivity contribution in [3.8, 4) is 0 Å². The largest absolute Gasteiger partial charge is 0.396 e. The highest BCUT2D eigenvalue weighted by atomic mass is 32.2. The minimum absolute atomic E-state index is 0.0767. The zero-order valence-corrected chi connectivity index (χ0v) is 7.79. The van der Waals surface area contributed by atoms with Gasteiger partial charge in [-0.1, -0.05) is 6.92 Å². The Balaban J connectivity index is 3.79. The minimum Gasteiger partial charge on any atom is -0.396 e. The third-order valence-corrected chi connectivity index (χ3v) is 2.48. The van der Waals surface area contributed by atoms with Crippen LogP contribution in [0.3, 0.4) is 0 Å². The van der Waals surface area contributed by atoms with Gasteiger partial charge in [-0.15, -0.1) is 0 Å². The molecule has 6 heteroatoms. The maximum Gasteiger partial charge on any atom is 0.264 e. The Morgan fingerprint density at radius 2 is 2.00 bits per heavy atom. The van der Waals surface area contributed by atoms with Crippen LogP contribution in [0.2, 0.25) is 0 Å². The fourth-order valence-electron chi connectivity index (χ4n) is 0.705. The van der Waals surface area contributed by atoms with Crippen LogP contribution in [0.15, 0.2) is 0 Å². The molecule has 74 valence electrons. The van der Waals surface area contributed by atoms with E-state index in [1.807, 2.05) is 0 Å². The summed E-state index contributed by atoms with van der Waals surface area (Å²) in [5.74, 6) is -0.495. The second-order valence-corrected chi connectivity index (χ2v) is 4.47. The molecule has 0 saturated carbocycles. The number of aliphatic hydroxyl groups is 1. The van der Waals surface area contributed by atoms with Crippen molar-refractivity contribution in [3.05, 3.63) is 0 Å². The first-order valence-electron chi connectivity index (χ1n) is 3.68. The zero-order valence-electron chi connectivity index (χ0n) is 6.97. The molecule has 0 heterocycles. The van der Waals surface area contributed by atoms with Gasteiger partial charge in [-0.3, -0.25) is 4.55 Å². The Morgan fingerprint density at radius 3 is 2.33 bits per heavy atom. The molecule has 12 heavy (non-hydrogen) atoms. The normalized spacial score (nSPS) is 17.3. The van der Waals surface area contributed by atoms with E-state index in [4.69, 9.17) is 15.4 Å². The minimum atomic E-state index is -3.92. The molecule has 5 nitrogen and oxygen atoms in total. The van der Waals surface area contributed by atoms with Crippen molar-refractivity contribution in [2.45, 2.75) is 19.4 Å². The highest BCUT2D eigenvalue weighted by molar-refractivity contribution is 7.85. The Labute approximate surface area is 72.3 Å². The Kier molecular flexibility index (Phi) is 4.69. The van der Waals surface area contributed by atoms with Gasteiger partial charge in [-0.2, -0.15) is 8.42 Å². The third kappa shape index (κ3) is 5.48. The quantitative estimate of drug-likeness (QED) is 0.502. The van der Waals surface area contributed by atoms with Gasteiger partial charge in [0.2, 0.25) is 0 Å². The number of rotatable bonds is 5. The molecule has 0 amide bonds. The first-order valence-corrected chi connectivity index (χ1v) is 5.29. The molecular formula is C6H15NO4S. The van der Waals surface area contributed by atoms with Gasteiger partial charge < -0.3 is 10.8 Å². The van der Waals surface area contributed by atoms with Gasteiger partial charge in [0.15, 0.2) is 0 Å². The van der Waals surface area contributed by atoms with Gasteiger partial charge in [0.05, 0.1) is 5.75 Å². The molecule has 2 atom stereocenters. The molecule has 0 rings (SSSR count). The number of aliphatic hydroxyl groups excluding tert-OH is 1. The predicted octanol–water partition coefficient (Wildman–Crippen LogP) is -0.780. The number of hydrogen-bond acceptors (Lipinski definition) is 4. The second-order valence-electron chi connectivity index (χ2n) is 2.90. The molecule has 0 bridgehead atoms. The highest BCUT2D eigenvalue weighted by Gasteiger charge is 2.14. The monoisotopic (exact) mass is 197 g/mol. The van der Waals surface area contributed by atoms with Crippen molar-refractivity contribution in [2.24, 2.45) is 11.7 Å². The van der Waals surface area contributed by atoms with E-state index in [0.717, 1.165) is 0 Å². The summed E-state index contributed by atoms with van der Waals surface area (Å²) in [5, 5.41) is 8.64. The molecule has 1 unspecified atom stereocenters. The summed E-state index contributed by atoms with van der Waals surface area (Å²) in [5.41, 5.74) is 5.50. The molecule has 0 radical (unpaired) electrons. The molecule has 0 fully saturated rings. The Morgan fingerprint density at radius 1 is 1.50 bits per heavy atom. The molecule has 0 aliphatic carbocycles. The zero-order chi connectivity index (χ0) is 9.78. The summed E-state index contributed by atoms with van der Waals surface area (Å²) in [4.78, 5) is 0. The van der Waals surface area contributed by atoms with Crippen molar-refractivity contribution in [3.63, 3.8) is 0 Å². The van der Waals surface area contributed by atoms with Crippen LogP contribution in [0.4, 0.5) is 0 Å². The third-order valence-electron chi connectivity index (χ3n) is 1.73. The lowest BCUT2D eigenvalue weighted by atomic mass is 10.0. The summed E-state index contributed by atoms with van der Waals surface area (Å²) in [6, 6.07) is -0.392. The lowest BCUT2D eigenvalue weighted by molar-refractivity contribution is 0.214. The Hall–Kier alpha value is -0.170. The summed E-state index contributed by atoms with van der Waals surface area (Å²) in [6.45, 7) is 1.64. The van der Waals surface area contributed by atoms with Crippen LogP contribution in [-0.2, 0) is 10.1 Å². The molecule has 0 aliphatic rings. The number of hydrogen-bond donors (Lipinski definition) is 3. The van der Waals surface area contributed by atoms with Crippen LogP contribution < -0.4 is 5.73 Å². The first kappa shape index (κ1) is 11.8. The van der Waals surface area contributed by atoms with Crippen molar-refractivity contribution in [1.82, 2.24) is 0 Å². The van der Waals surface area contributed by atoms with Crippen molar-refractivity contribution in [1.29, 1.82) is 0 Å². The summed E-state index contributed by atoms with van der Waals surface area (Å²) < 4.78 is 28.9. The fourth-order valence-corrected chi connectivity index (χ4v) is 1.27. The highest BCUT2D eigenvalue weighted by Crippen LogP contribution is 2.04. The topological polar surface area (TPSA) is 101 Å².